The van der Waals surface area contributed by atoms with Gasteiger partial charge in [0.1, 0.15) is 5.82 Å². The van der Waals surface area contributed by atoms with Crippen molar-refractivity contribution in [1.29, 1.82) is 0 Å². The fourth-order valence-corrected chi connectivity index (χ4v) is 1.84. The van der Waals surface area contributed by atoms with E-state index in [1.807, 2.05) is 19.2 Å². The SMILES string of the molecule is CCN(CC)c1ccc(NC(=O)CCCNC)cn1.Cl.Cl. The van der Waals surface area contributed by atoms with Gasteiger partial charge in [0.05, 0.1) is 11.9 Å². The average Bonchev–Trinajstić information content (AvgIpc) is 2.42. The van der Waals surface area contributed by atoms with Gasteiger partial charge in [-0.15, -0.1) is 24.8 Å². The molecule has 0 aliphatic rings. The number of carbonyl (C=O) groups is 1. The molecule has 5 nitrogen and oxygen atoms in total. The van der Waals surface area contributed by atoms with Crippen LogP contribution >= 0.6 is 24.8 Å². The highest BCUT2D eigenvalue weighted by Crippen LogP contribution is 2.14. The Morgan fingerprint density at radius 2 is 1.90 bits per heavy atom. The number of anilines is 2. The second-order valence-electron chi connectivity index (χ2n) is 4.33. The normalized spacial score (nSPS) is 9.29. The van der Waals surface area contributed by atoms with E-state index in [1.54, 1.807) is 6.20 Å². The molecule has 0 aliphatic heterocycles. The summed E-state index contributed by atoms with van der Waals surface area (Å²) < 4.78 is 0. The standard InChI is InChI=1S/C14H24N4O.2ClH/c1-4-18(5-2)13-9-8-12(11-16-13)17-14(19)7-6-10-15-3;;/h8-9,11,15H,4-7,10H2,1-3H3,(H,17,19);2*1H. The number of aromatic nitrogens is 1. The first kappa shape index (κ1) is 22.2. The molecule has 0 saturated carbocycles. The smallest absolute Gasteiger partial charge is 0.224 e. The lowest BCUT2D eigenvalue weighted by molar-refractivity contribution is -0.116. The highest BCUT2D eigenvalue weighted by atomic mass is 35.5. The zero-order valence-electron chi connectivity index (χ0n) is 12.9. The Morgan fingerprint density at radius 3 is 2.38 bits per heavy atom. The maximum atomic E-state index is 11.6. The van der Waals surface area contributed by atoms with Crippen LogP contribution < -0.4 is 15.5 Å². The van der Waals surface area contributed by atoms with Gasteiger partial charge in [-0.25, -0.2) is 4.98 Å². The molecular weight excluding hydrogens is 311 g/mol. The van der Waals surface area contributed by atoms with Crippen LogP contribution in [0.25, 0.3) is 0 Å². The predicted octanol–water partition coefficient (Wildman–Crippen LogP) is 2.71. The second-order valence-corrected chi connectivity index (χ2v) is 4.33. The summed E-state index contributed by atoms with van der Waals surface area (Å²) in [5.74, 6) is 0.978. The van der Waals surface area contributed by atoms with Crippen molar-refractivity contribution in [1.82, 2.24) is 10.3 Å². The molecule has 0 bridgehead atoms. The molecule has 122 valence electrons. The molecule has 1 rings (SSSR count). The number of hydrogen-bond donors (Lipinski definition) is 2. The predicted molar refractivity (Wildman–Crippen MR) is 94.1 cm³/mol. The average molecular weight is 337 g/mol. The van der Waals surface area contributed by atoms with Crippen molar-refractivity contribution in [3.05, 3.63) is 18.3 Å². The van der Waals surface area contributed by atoms with Gasteiger partial charge in [0.25, 0.3) is 0 Å². The maximum absolute atomic E-state index is 11.6. The van der Waals surface area contributed by atoms with Crippen molar-refractivity contribution in [3.63, 3.8) is 0 Å². The minimum atomic E-state index is 0. The molecule has 1 heterocycles. The number of amides is 1. The van der Waals surface area contributed by atoms with Gasteiger partial charge in [0.2, 0.25) is 5.91 Å². The van der Waals surface area contributed by atoms with E-state index in [-0.39, 0.29) is 30.7 Å². The van der Waals surface area contributed by atoms with Gasteiger partial charge in [0, 0.05) is 19.5 Å². The monoisotopic (exact) mass is 336 g/mol. The lowest BCUT2D eigenvalue weighted by Gasteiger charge is -2.19. The molecule has 0 unspecified atom stereocenters. The van der Waals surface area contributed by atoms with E-state index in [0.29, 0.717) is 6.42 Å². The molecule has 0 aromatic carbocycles. The van der Waals surface area contributed by atoms with E-state index in [2.05, 4.69) is 34.4 Å². The van der Waals surface area contributed by atoms with E-state index in [4.69, 9.17) is 0 Å². The molecule has 2 N–H and O–H groups in total. The van der Waals surface area contributed by atoms with Crippen LogP contribution in [0.5, 0.6) is 0 Å². The van der Waals surface area contributed by atoms with Crippen LogP contribution in [0.1, 0.15) is 26.7 Å². The Labute approximate surface area is 139 Å². The van der Waals surface area contributed by atoms with Gasteiger partial charge in [-0.05, 0) is 46.0 Å². The molecular formula is C14H26Cl2N4O. The van der Waals surface area contributed by atoms with Gasteiger partial charge < -0.3 is 15.5 Å². The van der Waals surface area contributed by atoms with Gasteiger partial charge in [-0.2, -0.15) is 0 Å². The molecule has 1 aromatic heterocycles. The summed E-state index contributed by atoms with van der Waals surface area (Å²) in [6, 6.07) is 3.84. The van der Waals surface area contributed by atoms with Crippen molar-refractivity contribution in [2.24, 2.45) is 0 Å². The van der Waals surface area contributed by atoms with Crippen LogP contribution in [0.3, 0.4) is 0 Å². The Morgan fingerprint density at radius 1 is 1.24 bits per heavy atom. The number of pyridine rings is 1. The summed E-state index contributed by atoms with van der Waals surface area (Å²) in [7, 11) is 1.88. The first-order valence-corrected chi connectivity index (χ1v) is 6.86. The number of nitrogens with zero attached hydrogens (tertiary/aromatic N) is 2. The number of halogens is 2. The lowest BCUT2D eigenvalue weighted by atomic mass is 10.3. The summed E-state index contributed by atoms with van der Waals surface area (Å²) >= 11 is 0. The van der Waals surface area contributed by atoms with Gasteiger partial charge in [-0.1, -0.05) is 0 Å². The van der Waals surface area contributed by atoms with Crippen LogP contribution in [-0.2, 0) is 4.79 Å². The van der Waals surface area contributed by atoms with Crippen LogP contribution in [0, 0.1) is 0 Å². The van der Waals surface area contributed by atoms with E-state index in [1.165, 1.54) is 0 Å². The Balaban J connectivity index is 0. The summed E-state index contributed by atoms with van der Waals surface area (Å²) in [5.41, 5.74) is 0.755. The fourth-order valence-electron chi connectivity index (χ4n) is 1.84. The molecule has 0 radical (unpaired) electrons. The topological polar surface area (TPSA) is 57.3 Å². The van der Waals surface area contributed by atoms with E-state index < -0.39 is 0 Å². The van der Waals surface area contributed by atoms with Crippen LogP contribution in [0.15, 0.2) is 18.3 Å². The molecule has 1 aromatic rings. The van der Waals surface area contributed by atoms with Crippen molar-refractivity contribution < 1.29 is 4.79 Å². The van der Waals surface area contributed by atoms with Gasteiger partial charge in [0.15, 0.2) is 0 Å². The molecule has 7 heteroatoms. The van der Waals surface area contributed by atoms with Crippen molar-refractivity contribution in [3.8, 4) is 0 Å². The first-order valence-electron chi connectivity index (χ1n) is 6.86. The molecule has 0 saturated heterocycles. The maximum Gasteiger partial charge on any atom is 0.224 e. The molecule has 0 atom stereocenters. The number of rotatable bonds is 8. The summed E-state index contributed by atoms with van der Waals surface area (Å²) in [6.45, 7) is 6.91. The van der Waals surface area contributed by atoms with Gasteiger partial charge in [-0.3, -0.25) is 4.79 Å². The zero-order valence-corrected chi connectivity index (χ0v) is 14.5. The van der Waals surface area contributed by atoms with E-state index in [9.17, 15) is 4.79 Å². The molecule has 0 spiro atoms. The second kappa shape index (κ2) is 12.7. The summed E-state index contributed by atoms with van der Waals surface area (Å²) in [6.07, 6.45) is 3.08. The quantitative estimate of drug-likeness (QED) is 0.716. The highest BCUT2D eigenvalue weighted by molar-refractivity contribution is 5.90. The Bertz CT molecular complexity index is 383. The number of hydrogen-bond acceptors (Lipinski definition) is 4. The number of carbonyl (C=O) groups excluding carboxylic acids is 1. The van der Waals surface area contributed by atoms with Crippen molar-refractivity contribution in [2.45, 2.75) is 26.7 Å². The largest absolute Gasteiger partial charge is 0.357 e. The Kier molecular flexibility index (Phi) is 13.4. The molecule has 0 fully saturated rings. The number of nitrogens with one attached hydrogen (secondary N) is 2. The fraction of sp³-hybridized carbons (Fsp3) is 0.571. The third kappa shape index (κ3) is 8.09. The third-order valence-electron chi connectivity index (χ3n) is 2.95. The van der Waals surface area contributed by atoms with Crippen molar-refractivity contribution in [2.75, 3.05) is 36.9 Å². The van der Waals surface area contributed by atoms with Crippen LogP contribution in [0.4, 0.5) is 11.5 Å². The van der Waals surface area contributed by atoms with Crippen LogP contribution in [0.2, 0.25) is 0 Å². The van der Waals surface area contributed by atoms with E-state index >= 15 is 0 Å². The summed E-state index contributed by atoms with van der Waals surface area (Å²) in [5, 5.41) is 5.88. The molecule has 21 heavy (non-hydrogen) atoms. The summed E-state index contributed by atoms with van der Waals surface area (Å²) in [4.78, 5) is 18.2. The van der Waals surface area contributed by atoms with Crippen LogP contribution in [-0.4, -0.2) is 37.6 Å². The van der Waals surface area contributed by atoms with Gasteiger partial charge >= 0.3 is 0 Å². The minimum absolute atomic E-state index is 0. The lowest BCUT2D eigenvalue weighted by Crippen LogP contribution is -2.23. The van der Waals surface area contributed by atoms with Crippen molar-refractivity contribution >= 4 is 42.2 Å². The zero-order chi connectivity index (χ0) is 14.1. The van der Waals surface area contributed by atoms with E-state index in [0.717, 1.165) is 37.6 Å². The first-order chi connectivity index (χ1) is 9.21. The third-order valence-corrected chi connectivity index (χ3v) is 2.95. The minimum Gasteiger partial charge on any atom is -0.357 e. The highest BCUT2D eigenvalue weighted by Gasteiger charge is 2.05. The molecule has 0 aliphatic carbocycles. The molecule has 1 amide bonds. The Hall–Kier alpha value is -1.04.